The van der Waals surface area contributed by atoms with Crippen LogP contribution in [-0.4, -0.2) is 57.3 Å². The summed E-state index contributed by atoms with van der Waals surface area (Å²) in [5, 5.41) is 13.1. The smallest absolute Gasteiger partial charge is 0.459 e. The van der Waals surface area contributed by atoms with E-state index in [1.807, 2.05) is 0 Å². The number of aromatic amines is 1. The molecule has 0 saturated carbocycles. The van der Waals surface area contributed by atoms with Crippen molar-refractivity contribution in [3.63, 3.8) is 0 Å². The standard InChI is InChI=1S/C22H29FN3O8PS/c1-13(2)32-19(28)14(3)25-35(30,34-15-8-6-5-7-9-15)31-12-16-18(27)22(4,23)20(33-16)26-11-10-17(36)24-21(26)29/h5-11,13-14,16,18,20,27H,12H2,1-4H3,(H,25,30)(H,24,29,36). The van der Waals surface area contributed by atoms with Crippen LogP contribution in [0, 0.1) is 4.64 Å². The molecular formula is C22H29FN3O8PS. The predicted molar refractivity (Wildman–Crippen MR) is 130 cm³/mol. The van der Waals surface area contributed by atoms with Gasteiger partial charge in [0, 0.05) is 6.20 Å². The van der Waals surface area contributed by atoms with Gasteiger partial charge in [0.1, 0.15) is 28.6 Å². The molecule has 11 nitrogen and oxygen atoms in total. The summed E-state index contributed by atoms with van der Waals surface area (Å²) in [4.78, 5) is 26.9. The fraction of sp³-hybridized carbons (Fsp3) is 0.500. The number of carbonyl (C=O) groups excluding carboxylic acids is 1. The van der Waals surface area contributed by atoms with Crippen molar-refractivity contribution in [2.45, 2.75) is 63.9 Å². The van der Waals surface area contributed by atoms with Crippen molar-refractivity contribution in [1.82, 2.24) is 14.6 Å². The summed E-state index contributed by atoms with van der Waals surface area (Å²) in [5.41, 5.74) is -3.15. The number of alkyl halides is 1. The molecule has 6 unspecified atom stereocenters. The van der Waals surface area contributed by atoms with Gasteiger partial charge in [-0.2, -0.15) is 5.09 Å². The Morgan fingerprint density at radius 2 is 2.00 bits per heavy atom. The second kappa shape index (κ2) is 11.3. The van der Waals surface area contributed by atoms with Gasteiger partial charge < -0.3 is 19.1 Å². The normalized spacial score (nSPS) is 26.4. The van der Waals surface area contributed by atoms with E-state index in [2.05, 4.69) is 10.1 Å². The Hall–Kier alpha value is -2.41. The van der Waals surface area contributed by atoms with Crippen LogP contribution in [0.4, 0.5) is 4.39 Å². The molecule has 0 bridgehead atoms. The Morgan fingerprint density at radius 1 is 1.33 bits per heavy atom. The second-order valence-electron chi connectivity index (χ2n) is 8.67. The zero-order valence-electron chi connectivity index (χ0n) is 20.1. The van der Waals surface area contributed by atoms with E-state index in [4.69, 9.17) is 30.7 Å². The maximum Gasteiger partial charge on any atom is 0.459 e. The lowest BCUT2D eigenvalue weighted by Gasteiger charge is -2.25. The van der Waals surface area contributed by atoms with Crippen molar-refractivity contribution in [3.05, 3.63) is 57.7 Å². The number of esters is 1. The first-order valence-electron chi connectivity index (χ1n) is 11.1. The molecule has 1 aromatic carbocycles. The molecule has 0 amide bonds. The third-order valence-corrected chi connectivity index (χ3v) is 7.14. The van der Waals surface area contributed by atoms with E-state index in [0.717, 1.165) is 11.5 Å². The first kappa shape index (κ1) is 28.2. The Morgan fingerprint density at radius 3 is 2.61 bits per heavy atom. The number of nitrogens with one attached hydrogen (secondary N) is 2. The van der Waals surface area contributed by atoms with Crippen LogP contribution in [0.15, 0.2) is 47.4 Å². The van der Waals surface area contributed by atoms with Crippen molar-refractivity contribution in [2.24, 2.45) is 0 Å². The molecule has 1 saturated heterocycles. The third kappa shape index (κ3) is 6.67. The highest BCUT2D eigenvalue weighted by atomic mass is 32.1. The summed E-state index contributed by atoms with van der Waals surface area (Å²) in [5.74, 6) is -0.523. The van der Waals surface area contributed by atoms with E-state index in [-0.39, 0.29) is 10.4 Å². The van der Waals surface area contributed by atoms with Crippen LogP contribution < -0.4 is 15.3 Å². The number of ether oxygens (including phenoxy) is 2. The van der Waals surface area contributed by atoms with E-state index < -0.39 is 62.3 Å². The van der Waals surface area contributed by atoms with Gasteiger partial charge in [-0.3, -0.25) is 18.9 Å². The van der Waals surface area contributed by atoms with Crippen molar-refractivity contribution in [2.75, 3.05) is 6.61 Å². The van der Waals surface area contributed by atoms with Gasteiger partial charge in [-0.05, 0) is 45.9 Å². The molecule has 36 heavy (non-hydrogen) atoms. The number of hydrogen-bond donors (Lipinski definition) is 3. The minimum Gasteiger partial charge on any atom is -0.462 e. The Kier molecular flexibility index (Phi) is 8.86. The van der Waals surface area contributed by atoms with Gasteiger partial charge in [-0.15, -0.1) is 0 Å². The van der Waals surface area contributed by atoms with Crippen molar-refractivity contribution >= 4 is 25.9 Å². The molecule has 1 aliphatic rings. The third-order valence-electron chi connectivity index (χ3n) is 5.26. The molecule has 198 valence electrons. The van der Waals surface area contributed by atoms with Gasteiger partial charge in [0.15, 0.2) is 11.9 Å². The van der Waals surface area contributed by atoms with Crippen LogP contribution >= 0.6 is 20.0 Å². The average molecular weight is 546 g/mol. The molecule has 6 atom stereocenters. The zero-order chi connectivity index (χ0) is 26.7. The number of carbonyl (C=O) groups is 1. The number of H-pyrrole nitrogens is 1. The highest BCUT2D eigenvalue weighted by molar-refractivity contribution is 7.71. The van der Waals surface area contributed by atoms with Crippen molar-refractivity contribution in [3.8, 4) is 5.75 Å². The highest BCUT2D eigenvalue weighted by Crippen LogP contribution is 2.47. The number of aromatic nitrogens is 2. The minimum absolute atomic E-state index is 0.144. The van der Waals surface area contributed by atoms with Gasteiger partial charge in [0.25, 0.3) is 0 Å². The van der Waals surface area contributed by atoms with Crippen molar-refractivity contribution < 1.29 is 37.4 Å². The molecule has 0 radical (unpaired) electrons. The van der Waals surface area contributed by atoms with Crippen LogP contribution in [0.2, 0.25) is 0 Å². The predicted octanol–water partition coefficient (Wildman–Crippen LogP) is 3.03. The molecule has 3 N–H and O–H groups in total. The summed E-state index contributed by atoms with van der Waals surface area (Å²) < 4.78 is 51.9. The molecule has 0 spiro atoms. The Bertz CT molecular complexity index is 1220. The van der Waals surface area contributed by atoms with Crippen LogP contribution in [0.5, 0.6) is 5.75 Å². The molecule has 1 fully saturated rings. The van der Waals surface area contributed by atoms with Gasteiger partial charge in [0.05, 0.1) is 12.7 Å². The van der Waals surface area contributed by atoms with E-state index in [1.165, 1.54) is 31.3 Å². The number of aliphatic hydroxyl groups is 1. The van der Waals surface area contributed by atoms with E-state index in [1.54, 1.807) is 32.0 Å². The number of aliphatic hydroxyl groups excluding tert-OH is 1. The topological polar surface area (TPSA) is 141 Å². The SMILES string of the molecule is CC(C)OC(=O)C(C)NP(=O)(OCC1OC(n2ccc(=S)[nH]c2=O)C(C)(F)C1O)Oc1ccccc1. The van der Waals surface area contributed by atoms with Gasteiger partial charge in [0.2, 0.25) is 0 Å². The van der Waals surface area contributed by atoms with Gasteiger partial charge in [-0.25, -0.2) is 13.8 Å². The second-order valence-corrected chi connectivity index (χ2v) is 10.8. The number of nitrogens with zero attached hydrogens (tertiary/aromatic N) is 1. The molecule has 2 aromatic rings. The highest BCUT2D eigenvalue weighted by Gasteiger charge is 2.55. The number of halogens is 1. The largest absolute Gasteiger partial charge is 0.462 e. The van der Waals surface area contributed by atoms with Gasteiger partial charge in [-0.1, -0.05) is 30.4 Å². The summed E-state index contributed by atoms with van der Waals surface area (Å²) >= 11 is 4.89. The maximum absolute atomic E-state index is 15.5. The lowest BCUT2D eigenvalue weighted by molar-refractivity contribution is -0.149. The minimum atomic E-state index is -4.28. The average Bonchev–Trinajstić information content (AvgIpc) is 3.01. The van der Waals surface area contributed by atoms with E-state index >= 15 is 4.39 Å². The molecular weight excluding hydrogens is 516 g/mol. The van der Waals surface area contributed by atoms with Crippen LogP contribution in [0.3, 0.4) is 0 Å². The number of para-hydroxylation sites is 1. The van der Waals surface area contributed by atoms with E-state index in [9.17, 15) is 19.3 Å². The maximum atomic E-state index is 15.5. The molecule has 0 aliphatic carbocycles. The van der Waals surface area contributed by atoms with Gasteiger partial charge >= 0.3 is 19.4 Å². The number of rotatable bonds is 10. The Balaban J connectivity index is 1.80. The summed E-state index contributed by atoms with van der Waals surface area (Å²) in [6.45, 7) is 5.21. The first-order valence-corrected chi connectivity index (χ1v) is 13.1. The monoisotopic (exact) mass is 545 g/mol. The molecule has 1 aliphatic heterocycles. The van der Waals surface area contributed by atoms with Crippen LogP contribution in [0.25, 0.3) is 0 Å². The van der Waals surface area contributed by atoms with Crippen LogP contribution in [-0.2, 0) is 23.4 Å². The lowest BCUT2D eigenvalue weighted by atomic mass is 9.98. The summed E-state index contributed by atoms with van der Waals surface area (Å²) in [7, 11) is -4.28. The zero-order valence-corrected chi connectivity index (χ0v) is 21.8. The number of benzene rings is 1. The molecule has 14 heteroatoms. The van der Waals surface area contributed by atoms with Crippen LogP contribution in [0.1, 0.15) is 33.9 Å². The Labute approximate surface area is 212 Å². The van der Waals surface area contributed by atoms with Crippen molar-refractivity contribution in [1.29, 1.82) is 0 Å². The number of hydrogen-bond acceptors (Lipinski definition) is 9. The molecule has 2 heterocycles. The molecule has 3 rings (SSSR count). The lowest BCUT2D eigenvalue weighted by Crippen LogP contribution is -2.43. The first-order chi connectivity index (χ1) is 16.8. The summed E-state index contributed by atoms with van der Waals surface area (Å²) in [6, 6.07) is 8.32. The fourth-order valence-corrected chi connectivity index (χ4v) is 5.12. The molecule has 1 aromatic heterocycles. The quantitative estimate of drug-likeness (QED) is 0.232. The fourth-order valence-electron chi connectivity index (χ4n) is 3.47. The van der Waals surface area contributed by atoms with E-state index in [0.29, 0.717) is 0 Å². The summed E-state index contributed by atoms with van der Waals surface area (Å²) in [6.07, 6.45) is -3.79.